The van der Waals surface area contributed by atoms with Gasteiger partial charge in [0.25, 0.3) is 5.91 Å². The summed E-state index contributed by atoms with van der Waals surface area (Å²) in [6.45, 7) is 0.438. The maximum Gasteiger partial charge on any atom is 0.253 e. The summed E-state index contributed by atoms with van der Waals surface area (Å²) in [7, 11) is 0. The van der Waals surface area contributed by atoms with Crippen LogP contribution in [0, 0.1) is 5.82 Å². The van der Waals surface area contributed by atoms with Gasteiger partial charge >= 0.3 is 0 Å². The highest BCUT2D eigenvalue weighted by atomic mass is 19.1. The lowest BCUT2D eigenvalue weighted by Gasteiger charge is -2.09. The molecule has 2 aromatic rings. The number of nitrogen functional groups attached to an aromatic ring is 1. The third-order valence-corrected chi connectivity index (χ3v) is 3.18. The fourth-order valence-corrected chi connectivity index (χ4v) is 2.14. The molecule has 0 aliphatic carbocycles. The van der Waals surface area contributed by atoms with E-state index in [1.165, 1.54) is 12.1 Å². The van der Waals surface area contributed by atoms with Crippen molar-refractivity contribution in [2.75, 3.05) is 12.5 Å². The van der Waals surface area contributed by atoms with Gasteiger partial charge in [0.15, 0.2) is 11.5 Å². The summed E-state index contributed by atoms with van der Waals surface area (Å²) in [5, 5.41) is 2.73. The van der Waals surface area contributed by atoms with Gasteiger partial charge in [-0.25, -0.2) is 4.39 Å². The number of anilines is 1. The van der Waals surface area contributed by atoms with Crippen molar-refractivity contribution in [2.45, 2.75) is 6.54 Å². The molecule has 0 saturated heterocycles. The van der Waals surface area contributed by atoms with Crippen LogP contribution in [0.5, 0.6) is 11.5 Å². The van der Waals surface area contributed by atoms with Gasteiger partial charge in [-0.1, -0.05) is 12.1 Å². The number of carbonyl (C=O) groups excluding carboxylic acids is 1. The molecule has 0 fully saturated rings. The van der Waals surface area contributed by atoms with Crippen molar-refractivity contribution in [3.63, 3.8) is 0 Å². The fraction of sp³-hybridized carbons (Fsp3) is 0.133. The van der Waals surface area contributed by atoms with Crippen molar-refractivity contribution in [2.24, 2.45) is 0 Å². The lowest BCUT2D eigenvalue weighted by atomic mass is 10.1. The normalized spacial score (nSPS) is 12.2. The molecule has 0 unspecified atom stereocenters. The number of ether oxygens (including phenoxy) is 2. The van der Waals surface area contributed by atoms with Gasteiger partial charge < -0.3 is 20.5 Å². The van der Waals surface area contributed by atoms with Crippen molar-refractivity contribution in [3.8, 4) is 11.5 Å². The van der Waals surface area contributed by atoms with Gasteiger partial charge in [0, 0.05) is 17.8 Å². The predicted molar refractivity (Wildman–Crippen MR) is 74.5 cm³/mol. The standard InChI is InChI=1S/C15H13FN2O3/c16-10-4-5-11(12(17)6-10)15(19)18-7-9-2-1-3-13-14(9)21-8-20-13/h1-6H,7-8,17H2,(H,18,19). The average Bonchev–Trinajstić information content (AvgIpc) is 2.93. The molecule has 1 heterocycles. The third-order valence-electron chi connectivity index (χ3n) is 3.18. The monoisotopic (exact) mass is 288 g/mol. The lowest BCUT2D eigenvalue weighted by Crippen LogP contribution is -2.24. The summed E-state index contributed by atoms with van der Waals surface area (Å²) in [5.74, 6) is 0.437. The van der Waals surface area contributed by atoms with E-state index in [4.69, 9.17) is 15.2 Å². The van der Waals surface area contributed by atoms with Crippen molar-refractivity contribution in [1.29, 1.82) is 0 Å². The van der Waals surface area contributed by atoms with Crippen LogP contribution in [0.1, 0.15) is 15.9 Å². The minimum absolute atomic E-state index is 0.102. The van der Waals surface area contributed by atoms with E-state index in [2.05, 4.69) is 5.32 Å². The highest BCUT2D eigenvalue weighted by Crippen LogP contribution is 2.35. The Morgan fingerprint density at radius 2 is 2.14 bits per heavy atom. The number of halogens is 1. The minimum atomic E-state index is -0.476. The first kappa shape index (κ1) is 13.2. The molecular formula is C15H13FN2O3. The number of para-hydroxylation sites is 1. The number of amides is 1. The molecule has 2 aromatic carbocycles. The van der Waals surface area contributed by atoms with E-state index in [0.717, 1.165) is 11.6 Å². The van der Waals surface area contributed by atoms with Gasteiger partial charge in [-0.05, 0) is 24.3 Å². The number of benzene rings is 2. The molecule has 1 amide bonds. The maximum absolute atomic E-state index is 13.0. The second-order valence-electron chi connectivity index (χ2n) is 4.57. The number of fused-ring (bicyclic) bond motifs is 1. The summed E-state index contributed by atoms with van der Waals surface area (Å²) in [6, 6.07) is 9.12. The van der Waals surface area contributed by atoms with Crippen LogP contribution in [0.4, 0.5) is 10.1 Å². The van der Waals surface area contributed by atoms with Gasteiger partial charge in [0.2, 0.25) is 6.79 Å². The molecule has 0 saturated carbocycles. The van der Waals surface area contributed by atoms with E-state index in [0.29, 0.717) is 11.5 Å². The van der Waals surface area contributed by atoms with E-state index in [1.54, 1.807) is 6.07 Å². The van der Waals surface area contributed by atoms with E-state index in [-0.39, 0.29) is 30.5 Å². The Morgan fingerprint density at radius 3 is 2.95 bits per heavy atom. The minimum Gasteiger partial charge on any atom is -0.454 e. The number of hydrogen-bond acceptors (Lipinski definition) is 4. The van der Waals surface area contributed by atoms with Crippen molar-refractivity contribution >= 4 is 11.6 Å². The molecule has 0 aromatic heterocycles. The molecule has 3 rings (SSSR count). The number of nitrogens with one attached hydrogen (secondary N) is 1. The van der Waals surface area contributed by atoms with Gasteiger partial charge in [-0.15, -0.1) is 0 Å². The number of carbonyl (C=O) groups is 1. The molecule has 0 atom stereocenters. The van der Waals surface area contributed by atoms with E-state index < -0.39 is 5.82 Å². The van der Waals surface area contributed by atoms with Crippen molar-refractivity contribution < 1.29 is 18.7 Å². The zero-order valence-electron chi connectivity index (χ0n) is 11.1. The SMILES string of the molecule is Nc1cc(F)ccc1C(=O)NCc1cccc2c1OCO2. The van der Waals surface area contributed by atoms with Crippen LogP contribution >= 0.6 is 0 Å². The Bertz CT molecular complexity index is 703. The smallest absolute Gasteiger partial charge is 0.253 e. The first-order chi connectivity index (χ1) is 10.1. The number of hydrogen-bond donors (Lipinski definition) is 2. The van der Waals surface area contributed by atoms with Gasteiger partial charge in [-0.2, -0.15) is 0 Å². The molecule has 1 aliphatic heterocycles. The van der Waals surface area contributed by atoms with Crippen LogP contribution in [0.3, 0.4) is 0 Å². The summed E-state index contributed by atoms with van der Waals surface area (Å²) < 4.78 is 23.6. The zero-order valence-corrected chi connectivity index (χ0v) is 11.1. The number of nitrogens with two attached hydrogens (primary N) is 1. The van der Waals surface area contributed by atoms with Crippen LogP contribution in [0.15, 0.2) is 36.4 Å². The van der Waals surface area contributed by atoms with E-state index in [9.17, 15) is 9.18 Å². The van der Waals surface area contributed by atoms with Gasteiger partial charge in [-0.3, -0.25) is 4.79 Å². The van der Waals surface area contributed by atoms with Crippen LogP contribution in [0.25, 0.3) is 0 Å². The second-order valence-corrected chi connectivity index (χ2v) is 4.57. The lowest BCUT2D eigenvalue weighted by molar-refractivity contribution is 0.0951. The highest BCUT2D eigenvalue weighted by Gasteiger charge is 2.18. The average molecular weight is 288 g/mol. The first-order valence-corrected chi connectivity index (χ1v) is 6.36. The molecule has 0 radical (unpaired) electrons. The van der Waals surface area contributed by atoms with Crippen molar-refractivity contribution in [3.05, 3.63) is 53.3 Å². The summed E-state index contributed by atoms with van der Waals surface area (Å²) in [6.07, 6.45) is 0. The topological polar surface area (TPSA) is 73.6 Å². The highest BCUT2D eigenvalue weighted by molar-refractivity contribution is 5.99. The molecule has 21 heavy (non-hydrogen) atoms. The Kier molecular flexibility index (Phi) is 3.35. The largest absolute Gasteiger partial charge is 0.454 e. The molecule has 5 nitrogen and oxygen atoms in total. The predicted octanol–water partition coefficient (Wildman–Crippen LogP) is 2.07. The molecule has 0 spiro atoms. The van der Waals surface area contributed by atoms with Gasteiger partial charge in [0.1, 0.15) is 5.82 Å². The zero-order chi connectivity index (χ0) is 14.8. The maximum atomic E-state index is 13.0. The molecule has 3 N–H and O–H groups in total. The third kappa shape index (κ3) is 2.60. The molecule has 0 bridgehead atoms. The summed E-state index contributed by atoms with van der Waals surface area (Å²) >= 11 is 0. The summed E-state index contributed by atoms with van der Waals surface area (Å²) in [5.41, 5.74) is 6.78. The Morgan fingerprint density at radius 1 is 1.29 bits per heavy atom. The van der Waals surface area contributed by atoms with Crippen LogP contribution in [-0.4, -0.2) is 12.7 Å². The van der Waals surface area contributed by atoms with Crippen molar-refractivity contribution in [1.82, 2.24) is 5.32 Å². The Labute approximate surface area is 120 Å². The van der Waals surface area contributed by atoms with Crippen LogP contribution in [-0.2, 0) is 6.54 Å². The second kappa shape index (κ2) is 5.32. The van der Waals surface area contributed by atoms with E-state index >= 15 is 0 Å². The van der Waals surface area contributed by atoms with Crippen LogP contribution in [0.2, 0.25) is 0 Å². The Hall–Kier alpha value is -2.76. The van der Waals surface area contributed by atoms with Gasteiger partial charge in [0.05, 0.1) is 5.56 Å². The molecule has 108 valence electrons. The summed E-state index contributed by atoms with van der Waals surface area (Å²) in [4.78, 5) is 12.1. The molecule has 6 heteroatoms. The molecular weight excluding hydrogens is 275 g/mol. The van der Waals surface area contributed by atoms with E-state index in [1.807, 2.05) is 12.1 Å². The first-order valence-electron chi connectivity index (χ1n) is 6.36. The molecule has 1 aliphatic rings. The Balaban J connectivity index is 1.73. The number of rotatable bonds is 3. The fourth-order valence-electron chi connectivity index (χ4n) is 2.14. The quantitative estimate of drug-likeness (QED) is 0.848. The van der Waals surface area contributed by atoms with Crippen LogP contribution < -0.4 is 20.5 Å².